The number of nitrogens with one attached hydrogen (secondary N) is 1. The number of amides is 1. The molecule has 0 aliphatic heterocycles. The van der Waals surface area contributed by atoms with E-state index in [0.29, 0.717) is 0 Å². The fraction of sp³-hybridized carbons (Fsp3) is 0.391. The van der Waals surface area contributed by atoms with E-state index in [1.54, 1.807) is 0 Å². The Labute approximate surface area is 164 Å². The Hall–Kier alpha value is -2.82. The molecule has 5 heteroatoms. The first kappa shape index (κ1) is 18.5. The number of hydrogen-bond acceptors (Lipinski definition) is 3. The lowest BCUT2D eigenvalue weighted by Crippen LogP contribution is -2.41. The quantitative estimate of drug-likeness (QED) is 0.771. The van der Waals surface area contributed by atoms with Gasteiger partial charge in [-0.1, -0.05) is 61.4 Å². The predicted octanol–water partition coefficient (Wildman–Crippen LogP) is 4.56. The van der Waals surface area contributed by atoms with Crippen LogP contribution in [0.15, 0.2) is 48.5 Å². The molecular formula is C23H25NO4. The van der Waals surface area contributed by atoms with Gasteiger partial charge in [0.2, 0.25) is 0 Å². The van der Waals surface area contributed by atoms with Crippen molar-refractivity contribution < 1.29 is 19.4 Å². The molecule has 2 aromatic rings. The van der Waals surface area contributed by atoms with E-state index in [-0.39, 0.29) is 30.9 Å². The third-order valence-electron chi connectivity index (χ3n) is 6.01. The van der Waals surface area contributed by atoms with E-state index in [9.17, 15) is 14.7 Å². The van der Waals surface area contributed by atoms with E-state index < -0.39 is 12.1 Å². The van der Waals surface area contributed by atoms with Crippen LogP contribution in [0.3, 0.4) is 0 Å². The molecule has 0 saturated heterocycles. The van der Waals surface area contributed by atoms with Crippen molar-refractivity contribution in [1.29, 1.82) is 0 Å². The largest absolute Gasteiger partial charge is 0.481 e. The molecule has 0 heterocycles. The third kappa shape index (κ3) is 3.75. The summed E-state index contributed by atoms with van der Waals surface area (Å²) in [7, 11) is 0. The number of hydrogen-bond donors (Lipinski definition) is 2. The first-order chi connectivity index (χ1) is 13.6. The minimum atomic E-state index is -0.893. The van der Waals surface area contributed by atoms with Crippen molar-refractivity contribution in [3.8, 4) is 11.1 Å². The van der Waals surface area contributed by atoms with Gasteiger partial charge in [0, 0.05) is 12.0 Å². The summed E-state index contributed by atoms with van der Waals surface area (Å²) in [6, 6.07) is 16.0. The average Bonchev–Trinajstić information content (AvgIpc) is 3.32. The Morgan fingerprint density at radius 3 is 2.14 bits per heavy atom. The Bertz CT molecular complexity index is 827. The molecule has 1 fully saturated rings. The molecule has 1 amide bonds. The van der Waals surface area contributed by atoms with Gasteiger partial charge in [-0.05, 0) is 41.0 Å². The second-order valence-corrected chi connectivity index (χ2v) is 7.72. The zero-order chi connectivity index (χ0) is 19.5. The van der Waals surface area contributed by atoms with Crippen LogP contribution in [0, 0.1) is 5.92 Å². The van der Waals surface area contributed by atoms with E-state index in [0.717, 1.165) is 36.8 Å². The Morgan fingerprint density at radius 1 is 1.00 bits per heavy atom. The van der Waals surface area contributed by atoms with E-state index in [1.165, 1.54) is 11.1 Å². The van der Waals surface area contributed by atoms with Crippen LogP contribution in [0.25, 0.3) is 11.1 Å². The van der Waals surface area contributed by atoms with Gasteiger partial charge in [0.25, 0.3) is 0 Å². The molecule has 4 rings (SSSR count). The van der Waals surface area contributed by atoms with Crippen molar-refractivity contribution in [3.05, 3.63) is 59.7 Å². The number of alkyl carbamates (subject to hydrolysis) is 1. The summed E-state index contributed by atoms with van der Waals surface area (Å²) in [6.07, 6.45) is 3.51. The summed E-state index contributed by atoms with van der Waals surface area (Å²) in [6.45, 7) is 0.240. The topological polar surface area (TPSA) is 75.6 Å². The van der Waals surface area contributed by atoms with Crippen LogP contribution in [0.1, 0.15) is 49.1 Å². The van der Waals surface area contributed by atoms with E-state index >= 15 is 0 Å². The van der Waals surface area contributed by atoms with Gasteiger partial charge in [-0.2, -0.15) is 0 Å². The summed E-state index contributed by atoms with van der Waals surface area (Å²) < 4.78 is 5.57. The van der Waals surface area contributed by atoms with Crippen LogP contribution in [-0.4, -0.2) is 29.8 Å². The molecule has 28 heavy (non-hydrogen) atoms. The van der Waals surface area contributed by atoms with Crippen LogP contribution >= 0.6 is 0 Å². The fourth-order valence-electron chi connectivity index (χ4n) is 4.67. The molecule has 0 spiro atoms. The predicted molar refractivity (Wildman–Crippen MR) is 106 cm³/mol. The molecule has 1 saturated carbocycles. The molecule has 2 aromatic carbocycles. The van der Waals surface area contributed by atoms with Gasteiger partial charge in [0.05, 0.1) is 6.42 Å². The SMILES string of the molecule is O=C(O)C[C@@H](NC(=O)OCC1c2ccccc2-c2ccccc21)C1CCCC1. The minimum absolute atomic E-state index is 0.00237. The number of carboxylic acid groups (broad SMARTS) is 1. The maximum atomic E-state index is 12.4. The summed E-state index contributed by atoms with van der Waals surface area (Å²) in [5, 5.41) is 12.0. The summed E-state index contributed by atoms with van der Waals surface area (Å²) in [5.74, 6) is -0.671. The first-order valence-electron chi connectivity index (χ1n) is 9.97. The van der Waals surface area contributed by atoms with Gasteiger partial charge in [0.15, 0.2) is 0 Å². The maximum absolute atomic E-state index is 12.4. The van der Waals surface area contributed by atoms with Gasteiger partial charge in [-0.25, -0.2) is 4.79 Å². The lowest BCUT2D eigenvalue weighted by atomic mass is 9.95. The summed E-state index contributed by atoms with van der Waals surface area (Å²) in [4.78, 5) is 23.6. The third-order valence-corrected chi connectivity index (χ3v) is 6.01. The summed E-state index contributed by atoms with van der Waals surface area (Å²) in [5.41, 5.74) is 4.69. The normalized spacial score (nSPS) is 17.0. The number of ether oxygens (including phenoxy) is 1. The Kier molecular flexibility index (Phi) is 5.33. The number of aliphatic carboxylic acids is 1. The van der Waals surface area contributed by atoms with Crippen molar-refractivity contribution in [2.45, 2.75) is 44.1 Å². The molecular weight excluding hydrogens is 354 g/mol. The number of rotatable bonds is 6. The standard InChI is InChI=1S/C23H25NO4/c25-22(26)13-21(15-7-1-2-8-15)24-23(27)28-14-20-18-11-5-3-9-16(18)17-10-4-6-12-19(17)20/h3-6,9-12,15,20-21H,1-2,7-8,13-14H2,(H,24,27)(H,25,26)/t21-/m1/s1. The molecule has 146 valence electrons. The van der Waals surface area contributed by atoms with Crippen LogP contribution in [0.2, 0.25) is 0 Å². The highest BCUT2D eigenvalue weighted by molar-refractivity contribution is 5.79. The number of carbonyl (C=O) groups is 2. The summed E-state index contributed by atoms with van der Waals surface area (Å²) >= 11 is 0. The molecule has 5 nitrogen and oxygen atoms in total. The van der Waals surface area contributed by atoms with Crippen molar-refractivity contribution in [1.82, 2.24) is 5.32 Å². The molecule has 0 radical (unpaired) electrons. The second-order valence-electron chi connectivity index (χ2n) is 7.72. The van der Waals surface area contributed by atoms with Crippen LogP contribution < -0.4 is 5.32 Å². The number of benzene rings is 2. The van der Waals surface area contributed by atoms with Crippen molar-refractivity contribution in [2.24, 2.45) is 5.92 Å². The minimum Gasteiger partial charge on any atom is -0.481 e. The molecule has 2 N–H and O–H groups in total. The highest BCUT2D eigenvalue weighted by Gasteiger charge is 2.31. The van der Waals surface area contributed by atoms with Crippen LogP contribution in [-0.2, 0) is 9.53 Å². The lowest BCUT2D eigenvalue weighted by molar-refractivity contribution is -0.137. The lowest BCUT2D eigenvalue weighted by Gasteiger charge is -2.23. The van der Waals surface area contributed by atoms with Gasteiger partial charge >= 0.3 is 12.1 Å². The van der Waals surface area contributed by atoms with Crippen LogP contribution in [0.4, 0.5) is 4.79 Å². The fourth-order valence-corrected chi connectivity index (χ4v) is 4.67. The second kappa shape index (κ2) is 8.05. The zero-order valence-electron chi connectivity index (χ0n) is 15.8. The van der Waals surface area contributed by atoms with Gasteiger partial charge in [-0.3, -0.25) is 4.79 Å². The molecule has 0 aromatic heterocycles. The van der Waals surface area contributed by atoms with E-state index in [2.05, 4.69) is 29.6 Å². The molecule has 2 aliphatic rings. The smallest absolute Gasteiger partial charge is 0.407 e. The Morgan fingerprint density at radius 2 is 1.57 bits per heavy atom. The monoisotopic (exact) mass is 379 g/mol. The molecule has 0 unspecified atom stereocenters. The van der Waals surface area contributed by atoms with Gasteiger partial charge < -0.3 is 15.2 Å². The van der Waals surface area contributed by atoms with Gasteiger partial charge in [0.1, 0.15) is 6.61 Å². The Balaban J connectivity index is 1.44. The van der Waals surface area contributed by atoms with Crippen LogP contribution in [0.5, 0.6) is 0 Å². The first-order valence-corrected chi connectivity index (χ1v) is 9.97. The molecule has 0 bridgehead atoms. The van der Waals surface area contributed by atoms with Crippen molar-refractivity contribution in [3.63, 3.8) is 0 Å². The molecule has 2 aliphatic carbocycles. The zero-order valence-corrected chi connectivity index (χ0v) is 15.8. The van der Waals surface area contributed by atoms with Crippen molar-refractivity contribution in [2.75, 3.05) is 6.61 Å². The average molecular weight is 379 g/mol. The maximum Gasteiger partial charge on any atom is 0.407 e. The number of fused-ring (bicyclic) bond motifs is 3. The van der Waals surface area contributed by atoms with E-state index in [4.69, 9.17) is 4.74 Å². The van der Waals surface area contributed by atoms with E-state index in [1.807, 2.05) is 24.3 Å². The highest BCUT2D eigenvalue weighted by Crippen LogP contribution is 2.44. The molecule has 1 atom stereocenters. The van der Waals surface area contributed by atoms with Gasteiger partial charge in [-0.15, -0.1) is 0 Å². The number of carboxylic acids is 1. The number of carbonyl (C=O) groups excluding carboxylic acids is 1. The highest BCUT2D eigenvalue weighted by atomic mass is 16.5. The van der Waals surface area contributed by atoms with Crippen molar-refractivity contribution >= 4 is 12.1 Å².